The lowest BCUT2D eigenvalue weighted by Gasteiger charge is -2.30. The van der Waals surface area contributed by atoms with Crippen LogP contribution >= 0.6 is 11.8 Å². The van der Waals surface area contributed by atoms with Crippen molar-refractivity contribution in [3.05, 3.63) is 58.0 Å². The Morgan fingerprint density at radius 3 is 2.67 bits per heavy atom. The first-order chi connectivity index (χ1) is 13.2. The monoisotopic (exact) mass is 381 g/mol. The summed E-state index contributed by atoms with van der Waals surface area (Å²) in [4.78, 5) is 23.2. The van der Waals surface area contributed by atoms with Gasteiger partial charge in [0.15, 0.2) is 11.5 Å². The maximum absolute atomic E-state index is 11.6. The molecule has 2 aromatic rings. The largest absolute Gasteiger partial charge is 0.493 e. The van der Waals surface area contributed by atoms with Crippen molar-refractivity contribution in [2.24, 2.45) is 0 Å². The highest BCUT2D eigenvalue weighted by atomic mass is 32.2. The minimum absolute atomic E-state index is 0.288. The lowest BCUT2D eigenvalue weighted by atomic mass is 9.78. The Hall–Kier alpha value is -2.93. The first-order valence-electron chi connectivity index (χ1n) is 8.56. The number of hydrogen-bond donors (Lipinski definition) is 1. The van der Waals surface area contributed by atoms with Crippen molar-refractivity contribution in [3.8, 4) is 17.2 Å². The second-order valence-corrected chi connectivity index (χ2v) is 7.55. The van der Waals surface area contributed by atoms with Gasteiger partial charge in [0.05, 0.1) is 11.5 Å². The van der Waals surface area contributed by atoms with E-state index in [1.807, 2.05) is 24.3 Å². The van der Waals surface area contributed by atoms with Gasteiger partial charge in [-0.25, -0.2) is 0 Å². The average molecular weight is 381 g/mol. The Labute approximate surface area is 159 Å². The van der Waals surface area contributed by atoms with Crippen molar-refractivity contribution in [3.63, 3.8) is 0 Å². The minimum atomic E-state index is -0.352. The Morgan fingerprint density at radius 2 is 1.93 bits per heavy atom. The summed E-state index contributed by atoms with van der Waals surface area (Å²) in [6.45, 7) is 0.885. The Balaban J connectivity index is 1.22. The van der Waals surface area contributed by atoms with Gasteiger partial charge in [-0.3, -0.25) is 14.9 Å². The van der Waals surface area contributed by atoms with Gasteiger partial charge in [-0.15, -0.1) is 0 Å². The summed E-state index contributed by atoms with van der Waals surface area (Å²) in [5.41, 5.74) is 3.39. The Morgan fingerprint density at radius 1 is 1.15 bits per heavy atom. The summed E-state index contributed by atoms with van der Waals surface area (Å²) in [5.74, 6) is 2.40. The van der Waals surface area contributed by atoms with Crippen molar-refractivity contribution in [1.29, 1.82) is 0 Å². The van der Waals surface area contributed by atoms with Crippen LogP contribution in [0.4, 0.5) is 4.79 Å². The van der Waals surface area contributed by atoms with Crippen molar-refractivity contribution in [2.75, 3.05) is 13.4 Å². The number of ether oxygens (including phenoxy) is 3. The van der Waals surface area contributed by atoms with E-state index in [9.17, 15) is 9.59 Å². The highest BCUT2D eigenvalue weighted by Gasteiger charge is 2.30. The van der Waals surface area contributed by atoms with Crippen LogP contribution in [0.3, 0.4) is 0 Å². The van der Waals surface area contributed by atoms with Gasteiger partial charge in [0, 0.05) is 5.92 Å². The highest BCUT2D eigenvalue weighted by molar-refractivity contribution is 8.18. The number of carbonyl (C=O) groups is 2. The topological polar surface area (TPSA) is 73.9 Å². The van der Waals surface area contributed by atoms with Gasteiger partial charge in [-0.05, 0) is 65.2 Å². The van der Waals surface area contributed by atoms with E-state index in [0.717, 1.165) is 41.0 Å². The molecule has 1 aliphatic carbocycles. The first-order valence-corrected chi connectivity index (χ1v) is 9.37. The lowest BCUT2D eigenvalue weighted by Crippen LogP contribution is -2.23. The van der Waals surface area contributed by atoms with E-state index in [1.165, 1.54) is 11.1 Å². The van der Waals surface area contributed by atoms with Gasteiger partial charge in [0.2, 0.25) is 6.79 Å². The first kappa shape index (κ1) is 16.3. The second-order valence-electron chi connectivity index (χ2n) is 6.54. The molecule has 0 bridgehead atoms. The van der Waals surface area contributed by atoms with Gasteiger partial charge in [-0.1, -0.05) is 12.1 Å². The highest BCUT2D eigenvalue weighted by Crippen LogP contribution is 2.44. The van der Waals surface area contributed by atoms with Crippen LogP contribution in [0, 0.1) is 0 Å². The molecule has 1 atom stereocenters. The standard InChI is InChI=1S/C20H15NO5S/c22-19-18(27-20(23)21-19)5-11-1-3-14(4-2-11)24-9-13-6-12-7-16-17(8-15(12)13)26-10-25-16/h1-5,7-8,13H,6,9-10H2,(H,21,22,23). The van der Waals surface area contributed by atoms with Gasteiger partial charge in [0.1, 0.15) is 5.75 Å². The fraction of sp³-hybridized carbons (Fsp3) is 0.200. The molecule has 7 heteroatoms. The maximum Gasteiger partial charge on any atom is 0.290 e. The number of rotatable bonds is 4. The molecule has 2 amide bonds. The van der Waals surface area contributed by atoms with E-state index in [2.05, 4.69) is 17.4 Å². The SMILES string of the molecule is O=C1NC(=O)C(=Cc2ccc(OCC3Cc4cc5c(cc43)OCO5)cc2)S1. The molecule has 0 aromatic heterocycles. The molecule has 1 N–H and O–H groups in total. The number of hydrogen-bond acceptors (Lipinski definition) is 6. The quantitative estimate of drug-likeness (QED) is 0.818. The number of benzene rings is 2. The van der Waals surface area contributed by atoms with E-state index >= 15 is 0 Å². The molecule has 1 saturated heterocycles. The third-order valence-electron chi connectivity index (χ3n) is 4.81. The molecule has 1 unspecified atom stereocenters. The third-order valence-corrected chi connectivity index (χ3v) is 5.62. The van der Waals surface area contributed by atoms with Gasteiger partial charge >= 0.3 is 0 Å². The summed E-state index contributed by atoms with van der Waals surface area (Å²) in [5, 5.41) is 1.90. The second kappa shape index (κ2) is 6.35. The van der Waals surface area contributed by atoms with E-state index in [-0.39, 0.29) is 17.9 Å². The van der Waals surface area contributed by atoms with Crippen LogP contribution in [0.25, 0.3) is 6.08 Å². The van der Waals surface area contributed by atoms with Crippen molar-refractivity contribution in [2.45, 2.75) is 12.3 Å². The van der Waals surface area contributed by atoms with Crippen LogP contribution in [0.15, 0.2) is 41.3 Å². The Kier molecular flexibility index (Phi) is 3.82. The normalized spacial score (nSPS) is 21.0. The Bertz CT molecular complexity index is 983. The maximum atomic E-state index is 11.6. The molecule has 0 spiro atoms. The summed E-state index contributed by atoms with van der Waals surface area (Å²) in [6, 6.07) is 11.6. The summed E-state index contributed by atoms with van der Waals surface area (Å²) < 4.78 is 16.8. The zero-order valence-corrected chi connectivity index (χ0v) is 15.0. The minimum Gasteiger partial charge on any atom is -0.493 e. The number of thioether (sulfide) groups is 1. The molecule has 2 aromatic carbocycles. The summed E-state index contributed by atoms with van der Waals surface area (Å²) >= 11 is 0.910. The van der Waals surface area contributed by atoms with Gasteiger partial charge in [-0.2, -0.15) is 0 Å². The molecule has 136 valence electrons. The molecule has 27 heavy (non-hydrogen) atoms. The average Bonchev–Trinajstić information content (AvgIpc) is 3.22. The summed E-state index contributed by atoms with van der Waals surface area (Å²) in [7, 11) is 0. The molecular weight excluding hydrogens is 366 g/mol. The number of imide groups is 1. The molecule has 2 aliphatic heterocycles. The zero-order chi connectivity index (χ0) is 18.4. The van der Waals surface area contributed by atoms with Gasteiger partial charge in [0.25, 0.3) is 11.1 Å². The van der Waals surface area contributed by atoms with Crippen LogP contribution in [0.1, 0.15) is 22.6 Å². The fourth-order valence-electron chi connectivity index (χ4n) is 3.38. The van der Waals surface area contributed by atoms with Crippen LogP contribution < -0.4 is 19.5 Å². The van der Waals surface area contributed by atoms with E-state index in [0.29, 0.717) is 17.4 Å². The number of carbonyl (C=O) groups excluding carboxylic acids is 2. The van der Waals surface area contributed by atoms with E-state index < -0.39 is 0 Å². The summed E-state index contributed by atoms with van der Waals surface area (Å²) in [6.07, 6.45) is 2.66. The van der Waals surface area contributed by atoms with E-state index in [4.69, 9.17) is 14.2 Å². The van der Waals surface area contributed by atoms with Gasteiger partial charge < -0.3 is 14.2 Å². The molecular formula is C20H15NO5S. The number of fused-ring (bicyclic) bond motifs is 2. The molecule has 0 radical (unpaired) electrons. The van der Waals surface area contributed by atoms with Crippen LogP contribution in [0.5, 0.6) is 17.2 Å². The van der Waals surface area contributed by atoms with Crippen molar-refractivity contribution < 1.29 is 23.8 Å². The molecule has 2 heterocycles. The van der Waals surface area contributed by atoms with Crippen LogP contribution in [0.2, 0.25) is 0 Å². The van der Waals surface area contributed by atoms with Crippen LogP contribution in [-0.4, -0.2) is 24.5 Å². The number of amides is 2. The molecule has 6 nitrogen and oxygen atoms in total. The predicted octanol–water partition coefficient (Wildman–Crippen LogP) is 3.46. The molecule has 5 rings (SSSR count). The zero-order valence-electron chi connectivity index (χ0n) is 14.2. The molecule has 1 fully saturated rings. The smallest absolute Gasteiger partial charge is 0.290 e. The van der Waals surface area contributed by atoms with Crippen molar-refractivity contribution >= 4 is 29.0 Å². The fourth-order valence-corrected chi connectivity index (χ4v) is 4.06. The van der Waals surface area contributed by atoms with Crippen LogP contribution in [-0.2, 0) is 11.2 Å². The van der Waals surface area contributed by atoms with Crippen molar-refractivity contribution in [1.82, 2.24) is 5.32 Å². The predicted molar refractivity (Wildman–Crippen MR) is 100 cm³/mol. The third kappa shape index (κ3) is 3.04. The molecule has 3 aliphatic rings. The number of nitrogens with one attached hydrogen (secondary N) is 1. The lowest BCUT2D eigenvalue weighted by molar-refractivity contribution is -0.115. The van der Waals surface area contributed by atoms with E-state index in [1.54, 1.807) is 6.08 Å². The molecule has 0 saturated carbocycles.